The second-order valence-electron chi connectivity index (χ2n) is 5.67. The predicted molar refractivity (Wildman–Crippen MR) is 84.0 cm³/mol. The van der Waals surface area contributed by atoms with Gasteiger partial charge in [0.1, 0.15) is 0 Å². The van der Waals surface area contributed by atoms with Crippen LogP contribution in [0.1, 0.15) is 18.7 Å². The van der Waals surface area contributed by atoms with Crippen molar-refractivity contribution in [1.29, 1.82) is 0 Å². The lowest BCUT2D eigenvalue weighted by molar-refractivity contribution is -0.384. The van der Waals surface area contributed by atoms with Gasteiger partial charge in [-0.3, -0.25) is 15.0 Å². The lowest BCUT2D eigenvalue weighted by Crippen LogP contribution is -2.31. The van der Waals surface area contributed by atoms with Crippen LogP contribution in [-0.2, 0) is 6.42 Å². The molecule has 1 aromatic heterocycles. The fourth-order valence-corrected chi connectivity index (χ4v) is 2.62. The molecule has 0 bridgehead atoms. The Morgan fingerprint density at radius 2 is 2.22 bits per heavy atom. The van der Waals surface area contributed by atoms with E-state index in [0.29, 0.717) is 36.2 Å². The summed E-state index contributed by atoms with van der Waals surface area (Å²) in [6, 6.07) is 6.90. The summed E-state index contributed by atoms with van der Waals surface area (Å²) in [5, 5.41) is 19.9. The van der Waals surface area contributed by atoms with E-state index < -0.39 is 4.92 Å². The summed E-state index contributed by atoms with van der Waals surface area (Å²) in [6.07, 6.45) is 4.63. The first-order chi connectivity index (χ1) is 11.2. The van der Waals surface area contributed by atoms with Crippen molar-refractivity contribution < 1.29 is 14.4 Å². The molecule has 0 spiro atoms. The zero-order valence-corrected chi connectivity index (χ0v) is 12.7. The minimum atomic E-state index is -0.427. The van der Waals surface area contributed by atoms with Gasteiger partial charge in [-0.15, -0.1) is 0 Å². The van der Waals surface area contributed by atoms with Crippen LogP contribution in [-0.4, -0.2) is 45.7 Å². The molecule has 0 aliphatic heterocycles. The molecule has 1 aliphatic carbocycles. The molecule has 23 heavy (non-hydrogen) atoms. The van der Waals surface area contributed by atoms with Crippen molar-refractivity contribution in [2.45, 2.75) is 25.3 Å². The molecule has 2 aromatic rings. The van der Waals surface area contributed by atoms with Crippen molar-refractivity contribution in [2.24, 2.45) is 0 Å². The van der Waals surface area contributed by atoms with E-state index >= 15 is 0 Å². The standard InChI is InChI=1S/C16H19N3O4/c20-9-8-18(13-4-5-13)7-6-16-17-11-15(23-16)12-2-1-3-14(10-12)19(21)22/h1-3,10-11,13,20H,4-9H2. The fourth-order valence-electron chi connectivity index (χ4n) is 2.62. The van der Waals surface area contributed by atoms with Gasteiger partial charge in [-0.05, 0) is 12.8 Å². The number of non-ortho nitro benzene ring substituents is 1. The van der Waals surface area contributed by atoms with Gasteiger partial charge >= 0.3 is 0 Å². The highest BCUT2D eigenvalue weighted by Gasteiger charge is 2.28. The van der Waals surface area contributed by atoms with E-state index in [9.17, 15) is 10.1 Å². The maximum atomic E-state index is 10.8. The molecule has 7 nitrogen and oxygen atoms in total. The number of hydrogen-bond acceptors (Lipinski definition) is 6. The van der Waals surface area contributed by atoms with Gasteiger partial charge in [0, 0.05) is 43.2 Å². The Balaban J connectivity index is 1.65. The number of aromatic nitrogens is 1. The van der Waals surface area contributed by atoms with Crippen LogP contribution in [0.3, 0.4) is 0 Å². The van der Waals surface area contributed by atoms with E-state index in [4.69, 9.17) is 9.52 Å². The number of rotatable bonds is 8. The molecule has 3 rings (SSSR count). The van der Waals surface area contributed by atoms with E-state index in [1.807, 2.05) is 0 Å². The highest BCUT2D eigenvalue weighted by Crippen LogP contribution is 2.27. The van der Waals surface area contributed by atoms with Gasteiger partial charge in [-0.25, -0.2) is 4.98 Å². The second-order valence-corrected chi connectivity index (χ2v) is 5.67. The number of nitrogens with zero attached hydrogens (tertiary/aromatic N) is 3. The van der Waals surface area contributed by atoms with Crippen LogP contribution in [0, 0.1) is 10.1 Å². The van der Waals surface area contributed by atoms with E-state index in [1.165, 1.54) is 25.0 Å². The monoisotopic (exact) mass is 317 g/mol. The summed E-state index contributed by atoms with van der Waals surface area (Å²) in [5.74, 6) is 1.14. The molecular weight excluding hydrogens is 298 g/mol. The number of benzene rings is 1. The molecule has 1 fully saturated rings. The molecule has 0 atom stereocenters. The van der Waals surface area contributed by atoms with Crippen molar-refractivity contribution >= 4 is 5.69 Å². The van der Waals surface area contributed by atoms with Crippen molar-refractivity contribution in [2.75, 3.05) is 19.7 Å². The summed E-state index contributed by atoms with van der Waals surface area (Å²) in [6.45, 7) is 1.62. The van der Waals surface area contributed by atoms with Crippen LogP contribution >= 0.6 is 0 Å². The van der Waals surface area contributed by atoms with Crippen LogP contribution in [0.2, 0.25) is 0 Å². The molecule has 1 aliphatic rings. The third-order valence-corrected chi connectivity index (χ3v) is 3.96. The first-order valence-electron chi connectivity index (χ1n) is 7.72. The van der Waals surface area contributed by atoms with Crippen molar-refractivity contribution in [3.05, 3.63) is 46.5 Å². The summed E-state index contributed by atoms with van der Waals surface area (Å²) in [4.78, 5) is 16.9. The molecule has 0 unspecified atom stereocenters. The third-order valence-electron chi connectivity index (χ3n) is 3.96. The Bertz CT molecular complexity index is 681. The van der Waals surface area contributed by atoms with Crippen molar-refractivity contribution in [3.8, 4) is 11.3 Å². The molecule has 122 valence electrons. The van der Waals surface area contributed by atoms with E-state index in [2.05, 4.69) is 9.88 Å². The Morgan fingerprint density at radius 3 is 2.91 bits per heavy atom. The van der Waals surface area contributed by atoms with Crippen LogP contribution < -0.4 is 0 Å². The first-order valence-corrected chi connectivity index (χ1v) is 7.72. The van der Waals surface area contributed by atoms with Crippen LogP contribution in [0.15, 0.2) is 34.9 Å². The highest BCUT2D eigenvalue weighted by atomic mass is 16.6. The van der Waals surface area contributed by atoms with Crippen LogP contribution in [0.25, 0.3) is 11.3 Å². The average Bonchev–Trinajstić information content (AvgIpc) is 3.29. The summed E-state index contributed by atoms with van der Waals surface area (Å²) in [5.41, 5.74) is 0.677. The van der Waals surface area contributed by atoms with E-state index in [0.717, 1.165) is 6.54 Å². The molecule has 0 saturated heterocycles. The molecule has 0 radical (unpaired) electrons. The second kappa shape index (κ2) is 6.89. The smallest absolute Gasteiger partial charge is 0.270 e. The first kappa shape index (κ1) is 15.6. The van der Waals surface area contributed by atoms with E-state index in [1.54, 1.807) is 18.3 Å². The van der Waals surface area contributed by atoms with Crippen LogP contribution in [0.5, 0.6) is 0 Å². The minimum absolute atomic E-state index is 0.0308. The van der Waals surface area contributed by atoms with E-state index in [-0.39, 0.29) is 12.3 Å². The third kappa shape index (κ3) is 3.94. The summed E-state index contributed by atoms with van der Waals surface area (Å²) in [7, 11) is 0. The largest absolute Gasteiger partial charge is 0.441 e. The maximum Gasteiger partial charge on any atom is 0.270 e. The van der Waals surface area contributed by atoms with Gasteiger partial charge in [0.25, 0.3) is 5.69 Å². The summed E-state index contributed by atoms with van der Waals surface area (Å²) >= 11 is 0. The van der Waals surface area contributed by atoms with Gasteiger partial charge in [0.05, 0.1) is 17.7 Å². The molecule has 7 heteroatoms. The Kier molecular flexibility index (Phi) is 4.68. The highest BCUT2D eigenvalue weighted by molar-refractivity contribution is 5.60. The molecule has 1 heterocycles. The van der Waals surface area contributed by atoms with Crippen molar-refractivity contribution in [1.82, 2.24) is 9.88 Å². The number of aliphatic hydroxyl groups is 1. The van der Waals surface area contributed by atoms with Crippen LogP contribution in [0.4, 0.5) is 5.69 Å². The number of oxazole rings is 1. The van der Waals surface area contributed by atoms with Gasteiger partial charge in [0.15, 0.2) is 11.7 Å². The lowest BCUT2D eigenvalue weighted by atomic mass is 10.2. The maximum absolute atomic E-state index is 10.8. The number of aliphatic hydroxyl groups excluding tert-OH is 1. The Hall–Kier alpha value is -2.25. The Morgan fingerprint density at radius 1 is 1.39 bits per heavy atom. The molecular formula is C16H19N3O4. The van der Waals surface area contributed by atoms with Gasteiger partial charge in [-0.2, -0.15) is 0 Å². The SMILES string of the molecule is O=[N+]([O-])c1cccc(-c2cnc(CCN(CCO)C3CC3)o2)c1. The topological polar surface area (TPSA) is 92.6 Å². The summed E-state index contributed by atoms with van der Waals surface area (Å²) < 4.78 is 5.71. The zero-order valence-electron chi connectivity index (χ0n) is 12.7. The lowest BCUT2D eigenvalue weighted by Gasteiger charge is -2.19. The molecule has 1 N–H and O–H groups in total. The number of nitro benzene ring substituents is 1. The molecule has 1 saturated carbocycles. The number of hydrogen-bond donors (Lipinski definition) is 1. The Labute approximate surface area is 133 Å². The van der Waals surface area contributed by atoms with Gasteiger partial charge < -0.3 is 9.52 Å². The number of nitro groups is 1. The quantitative estimate of drug-likeness (QED) is 0.593. The van der Waals surface area contributed by atoms with Crippen molar-refractivity contribution in [3.63, 3.8) is 0 Å². The van der Waals surface area contributed by atoms with Gasteiger partial charge in [-0.1, -0.05) is 12.1 Å². The average molecular weight is 317 g/mol. The van der Waals surface area contributed by atoms with Gasteiger partial charge in [0.2, 0.25) is 0 Å². The minimum Gasteiger partial charge on any atom is -0.441 e. The molecule has 1 aromatic carbocycles. The normalized spacial score (nSPS) is 14.3. The zero-order chi connectivity index (χ0) is 16.2. The predicted octanol–water partition coefficient (Wildman–Crippen LogP) is 2.25. The molecule has 0 amide bonds. The fraction of sp³-hybridized carbons (Fsp3) is 0.438.